The number of aromatic carboxylic acids is 1. The van der Waals surface area contributed by atoms with Gasteiger partial charge in [-0.2, -0.15) is 0 Å². The molecule has 0 spiro atoms. The number of para-hydroxylation sites is 1. The number of nitrogens with one attached hydrogen (secondary N) is 1. The molecule has 0 radical (unpaired) electrons. The van der Waals surface area contributed by atoms with E-state index in [2.05, 4.69) is 5.32 Å². The number of carboxylic acids is 1. The van der Waals surface area contributed by atoms with Crippen molar-refractivity contribution in [2.24, 2.45) is 0 Å². The maximum absolute atomic E-state index is 12.9. The van der Waals surface area contributed by atoms with Gasteiger partial charge in [-0.1, -0.05) is 41.9 Å². The van der Waals surface area contributed by atoms with Gasteiger partial charge in [0.25, 0.3) is 5.91 Å². The molecular formula is C24H16ClNO6. The molecule has 8 heteroatoms. The van der Waals surface area contributed by atoms with Crippen molar-refractivity contribution in [3.05, 3.63) is 93.3 Å². The molecule has 0 aliphatic carbocycles. The summed E-state index contributed by atoms with van der Waals surface area (Å²) < 4.78 is 10.6. The van der Waals surface area contributed by atoms with Gasteiger partial charge in [-0.05, 0) is 42.0 Å². The van der Waals surface area contributed by atoms with Gasteiger partial charge < -0.3 is 19.6 Å². The van der Waals surface area contributed by atoms with Crippen LogP contribution < -0.4 is 15.7 Å². The number of carbonyl (C=O) groups excluding carboxylic acids is 1. The van der Waals surface area contributed by atoms with E-state index in [9.17, 15) is 19.5 Å². The largest absolute Gasteiger partial charge is 0.493 e. The highest BCUT2D eigenvalue weighted by Crippen LogP contribution is 2.35. The van der Waals surface area contributed by atoms with E-state index in [0.717, 1.165) is 5.39 Å². The summed E-state index contributed by atoms with van der Waals surface area (Å²) >= 11 is 6.09. The number of carbonyl (C=O) groups is 2. The van der Waals surface area contributed by atoms with E-state index < -0.39 is 17.5 Å². The highest BCUT2D eigenvalue weighted by Gasteiger charge is 2.17. The minimum Gasteiger partial charge on any atom is -0.493 e. The summed E-state index contributed by atoms with van der Waals surface area (Å²) in [6.07, 6.45) is 0. The van der Waals surface area contributed by atoms with Crippen LogP contribution in [0.1, 0.15) is 20.7 Å². The quantitative estimate of drug-likeness (QED) is 0.412. The Kier molecular flexibility index (Phi) is 5.66. The van der Waals surface area contributed by atoms with Crippen LogP contribution in [0.3, 0.4) is 0 Å². The summed E-state index contributed by atoms with van der Waals surface area (Å²) in [5, 5.41) is 12.7. The Morgan fingerprint density at radius 1 is 1.00 bits per heavy atom. The van der Waals surface area contributed by atoms with Gasteiger partial charge in [0, 0.05) is 10.9 Å². The highest BCUT2D eigenvalue weighted by atomic mass is 35.5. The molecule has 0 atom stereocenters. The summed E-state index contributed by atoms with van der Waals surface area (Å²) in [6.45, 7) is 0. The predicted octanol–water partition coefficient (Wildman–Crippen LogP) is 5.07. The van der Waals surface area contributed by atoms with Crippen molar-refractivity contribution in [2.45, 2.75) is 0 Å². The van der Waals surface area contributed by atoms with Crippen LogP contribution in [0.2, 0.25) is 5.02 Å². The zero-order chi connectivity index (χ0) is 22.8. The number of methoxy groups -OCH3 is 1. The smallest absolute Gasteiger partial charge is 0.344 e. The molecule has 0 bridgehead atoms. The highest BCUT2D eigenvalue weighted by molar-refractivity contribution is 6.33. The normalized spacial score (nSPS) is 10.7. The number of hydrogen-bond donors (Lipinski definition) is 2. The fourth-order valence-corrected chi connectivity index (χ4v) is 3.60. The maximum atomic E-state index is 12.9. The second-order valence-corrected chi connectivity index (χ2v) is 7.27. The van der Waals surface area contributed by atoms with Crippen LogP contribution in [0.5, 0.6) is 5.75 Å². The first-order chi connectivity index (χ1) is 15.4. The average molecular weight is 450 g/mol. The molecule has 32 heavy (non-hydrogen) atoms. The van der Waals surface area contributed by atoms with Gasteiger partial charge >= 0.3 is 11.6 Å². The van der Waals surface area contributed by atoms with E-state index >= 15 is 0 Å². The van der Waals surface area contributed by atoms with Gasteiger partial charge in [-0.15, -0.1) is 0 Å². The summed E-state index contributed by atoms with van der Waals surface area (Å²) in [7, 11) is 1.36. The van der Waals surface area contributed by atoms with Crippen LogP contribution in [0.4, 0.5) is 5.69 Å². The molecule has 4 aromatic rings. The van der Waals surface area contributed by atoms with E-state index in [4.69, 9.17) is 20.8 Å². The van der Waals surface area contributed by atoms with E-state index in [-0.39, 0.29) is 27.6 Å². The van der Waals surface area contributed by atoms with Crippen molar-refractivity contribution in [1.29, 1.82) is 0 Å². The standard InChI is InChI=1S/C24H16ClNO6/c1-31-21-18(25)11-16(23(28)29)12-19(21)26-22(27)15-7-4-6-13(9-15)17-10-14-5-2-3-8-20(14)32-24(17)30/h2-12H,1H3,(H,26,27)(H,28,29). The molecule has 0 unspecified atom stereocenters. The van der Waals surface area contributed by atoms with Gasteiger partial charge in [0.1, 0.15) is 5.58 Å². The Morgan fingerprint density at radius 2 is 1.78 bits per heavy atom. The fourth-order valence-electron chi connectivity index (χ4n) is 3.30. The van der Waals surface area contributed by atoms with Gasteiger partial charge in [-0.3, -0.25) is 4.79 Å². The average Bonchev–Trinajstić information content (AvgIpc) is 2.78. The van der Waals surface area contributed by atoms with Crippen LogP contribution in [-0.2, 0) is 0 Å². The Morgan fingerprint density at radius 3 is 2.53 bits per heavy atom. The Hall–Kier alpha value is -4.10. The van der Waals surface area contributed by atoms with Crippen LogP contribution in [0, 0.1) is 0 Å². The molecule has 0 aliphatic rings. The van der Waals surface area contributed by atoms with Gasteiger partial charge in [0.2, 0.25) is 0 Å². The zero-order valence-corrected chi connectivity index (χ0v) is 17.5. The first-order valence-corrected chi connectivity index (χ1v) is 9.80. The molecule has 2 N–H and O–H groups in total. The van der Waals surface area contributed by atoms with Crippen molar-refractivity contribution in [2.75, 3.05) is 12.4 Å². The summed E-state index contributed by atoms with van der Waals surface area (Å²) in [5.74, 6) is -1.60. The minimum absolute atomic E-state index is 0.0465. The fraction of sp³-hybridized carbons (Fsp3) is 0.0417. The molecule has 1 aromatic heterocycles. The lowest BCUT2D eigenvalue weighted by atomic mass is 10.0. The molecule has 1 heterocycles. The number of amides is 1. The first-order valence-electron chi connectivity index (χ1n) is 9.43. The van der Waals surface area contributed by atoms with Crippen molar-refractivity contribution >= 4 is 40.1 Å². The zero-order valence-electron chi connectivity index (χ0n) is 16.7. The van der Waals surface area contributed by atoms with Crippen molar-refractivity contribution < 1.29 is 23.8 Å². The number of halogens is 1. The number of anilines is 1. The number of ether oxygens (including phenoxy) is 1. The van der Waals surface area contributed by atoms with Crippen LogP contribution in [0.15, 0.2) is 75.9 Å². The predicted molar refractivity (Wildman–Crippen MR) is 121 cm³/mol. The molecular weight excluding hydrogens is 434 g/mol. The Balaban J connectivity index is 1.71. The van der Waals surface area contributed by atoms with Crippen molar-refractivity contribution in [3.8, 4) is 16.9 Å². The topological polar surface area (TPSA) is 106 Å². The lowest BCUT2D eigenvalue weighted by Crippen LogP contribution is -2.14. The number of benzene rings is 3. The third-order valence-corrected chi connectivity index (χ3v) is 5.10. The van der Waals surface area contributed by atoms with Gasteiger partial charge in [0.05, 0.1) is 28.9 Å². The van der Waals surface area contributed by atoms with Gasteiger partial charge in [0.15, 0.2) is 5.75 Å². The first kappa shape index (κ1) is 21.1. The molecule has 160 valence electrons. The minimum atomic E-state index is -1.20. The van der Waals surface area contributed by atoms with Crippen molar-refractivity contribution in [3.63, 3.8) is 0 Å². The van der Waals surface area contributed by atoms with E-state index in [1.807, 2.05) is 12.1 Å². The summed E-state index contributed by atoms with van der Waals surface area (Å²) in [5.41, 5.74) is 1.01. The Bertz CT molecular complexity index is 1430. The number of hydrogen-bond acceptors (Lipinski definition) is 5. The van der Waals surface area contributed by atoms with E-state index in [1.165, 1.54) is 19.2 Å². The molecule has 3 aromatic carbocycles. The van der Waals surface area contributed by atoms with Crippen LogP contribution >= 0.6 is 11.6 Å². The third kappa shape index (κ3) is 4.06. The lowest BCUT2D eigenvalue weighted by molar-refractivity contribution is 0.0696. The number of fused-ring (bicyclic) bond motifs is 1. The van der Waals surface area contributed by atoms with Gasteiger partial charge in [-0.25, -0.2) is 9.59 Å². The molecule has 0 aliphatic heterocycles. The number of carboxylic acid groups (broad SMARTS) is 1. The van der Waals surface area contributed by atoms with E-state index in [0.29, 0.717) is 16.7 Å². The molecule has 4 rings (SSSR count). The summed E-state index contributed by atoms with van der Waals surface area (Å²) in [6, 6.07) is 17.8. The van der Waals surface area contributed by atoms with Crippen LogP contribution in [0.25, 0.3) is 22.1 Å². The van der Waals surface area contributed by atoms with Crippen molar-refractivity contribution in [1.82, 2.24) is 0 Å². The third-order valence-electron chi connectivity index (χ3n) is 4.82. The molecule has 1 amide bonds. The van der Waals surface area contributed by atoms with E-state index in [1.54, 1.807) is 42.5 Å². The maximum Gasteiger partial charge on any atom is 0.344 e. The monoisotopic (exact) mass is 449 g/mol. The molecule has 0 saturated carbocycles. The SMILES string of the molecule is COc1c(Cl)cc(C(=O)O)cc1NC(=O)c1cccc(-c2cc3ccccc3oc2=O)c1. The molecule has 0 saturated heterocycles. The molecule has 0 fully saturated rings. The number of rotatable bonds is 5. The Labute approximate surface area is 186 Å². The van der Waals surface area contributed by atoms with Crippen LogP contribution in [-0.4, -0.2) is 24.1 Å². The molecule has 7 nitrogen and oxygen atoms in total. The second-order valence-electron chi connectivity index (χ2n) is 6.86. The summed E-state index contributed by atoms with van der Waals surface area (Å²) in [4.78, 5) is 36.7. The lowest BCUT2D eigenvalue weighted by Gasteiger charge is -2.13. The second kappa shape index (κ2) is 8.56.